The van der Waals surface area contributed by atoms with Crippen LogP contribution in [0.1, 0.15) is 37.7 Å². The Hall–Kier alpha value is -1.03. The Bertz CT molecular complexity index is 396. The summed E-state index contributed by atoms with van der Waals surface area (Å²) in [5, 5.41) is 3.24. The van der Waals surface area contributed by atoms with Gasteiger partial charge in [-0.1, -0.05) is 12.1 Å². The average Bonchev–Trinajstić information content (AvgIpc) is 2.36. The maximum atomic E-state index is 13.0. The summed E-state index contributed by atoms with van der Waals surface area (Å²) in [5.41, 5.74) is 0.912. The second-order valence-corrected chi connectivity index (χ2v) is 5.39. The molecule has 1 N–H and O–H groups in total. The molecular weight excluding hydrogens is 251 g/mol. The Morgan fingerprint density at radius 3 is 2.63 bits per heavy atom. The molecule has 1 aliphatic carbocycles. The molecule has 1 fully saturated rings. The smallest absolute Gasteiger partial charge is 0.248 e. The molecule has 0 bridgehead atoms. The van der Waals surface area contributed by atoms with Crippen LogP contribution < -0.4 is 5.32 Å². The number of hydrogen-bond donors (Lipinski definition) is 1. The lowest BCUT2D eigenvalue weighted by atomic mass is 9.85. The Labute approximate surface area is 112 Å². The van der Waals surface area contributed by atoms with Gasteiger partial charge in [0.25, 0.3) is 0 Å². The summed E-state index contributed by atoms with van der Waals surface area (Å²) >= 11 is 0. The largest absolute Gasteiger partial charge is 0.313 e. The number of hydrogen-bond acceptors (Lipinski definition) is 1. The standard InChI is InChI=1S/C15H20F3N/c16-14-3-1-2-13(10-14)11-19-9-6-12-4-7-15(17,18)8-5-12/h1-3,10,12,19H,4-9,11H2. The fraction of sp³-hybridized carbons (Fsp3) is 0.600. The summed E-state index contributed by atoms with van der Waals surface area (Å²) in [6.45, 7) is 1.42. The lowest BCUT2D eigenvalue weighted by Gasteiger charge is -2.28. The van der Waals surface area contributed by atoms with Crippen molar-refractivity contribution in [2.75, 3.05) is 6.54 Å². The van der Waals surface area contributed by atoms with Crippen molar-refractivity contribution in [3.05, 3.63) is 35.6 Å². The summed E-state index contributed by atoms with van der Waals surface area (Å²) in [4.78, 5) is 0. The Morgan fingerprint density at radius 2 is 1.95 bits per heavy atom. The summed E-state index contributed by atoms with van der Waals surface area (Å²) in [6, 6.07) is 6.49. The first kappa shape index (κ1) is 14.4. The minimum atomic E-state index is -2.44. The van der Waals surface area contributed by atoms with Crippen molar-refractivity contribution in [1.29, 1.82) is 0 Å². The van der Waals surface area contributed by atoms with Gasteiger partial charge in [-0.15, -0.1) is 0 Å². The van der Waals surface area contributed by atoms with E-state index in [1.807, 2.05) is 6.07 Å². The van der Waals surface area contributed by atoms with Gasteiger partial charge in [-0.05, 0) is 49.4 Å². The van der Waals surface area contributed by atoms with Crippen molar-refractivity contribution >= 4 is 0 Å². The Kier molecular flexibility index (Phi) is 4.86. The molecule has 1 aliphatic rings. The summed E-state index contributed by atoms with van der Waals surface area (Å²) in [6.07, 6.45) is 2.22. The highest BCUT2D eigenvalue weighted by Crippen LogP contribution is 2.37. The lowest BCUT2D eigenvalue weighted by molar-refractivity contribution is -0.0464. The monoisotopic (exact) mass is 271 g/mol. The van der Waals surface area contributed by atoms with Crippen molar-refractivity contribution in [1.82, 2.24) is 5.32 Å². The van der Waals surface area contributed by atoms with E-state index in [9.17, 15) is 13.2 Å². The molecule has 0 unspecified atom stereocenters. The molecule has 0 heterocycles. The fourth-order valence-corrected chi connectivity index (χ4v) is 2.57. The zero-order valence-corrected chi connectivity index (χ0v) is 11.0. The molecule has 0 spiro atoms. The molecule has 0 saturated heterocycles. The molecule has 1 nitrogen and oxygen atoms in total. The molecule has 106 valence electrons. The van der Waals surface area contributed by atoms with E-state index >= 15 is 0 Å². The van der Waals surface area contributed by atoms with Gasteiger partial charge in [0.1, 0.15) is 5.82 Å². The van der Waals surface area contributed by atoms with Crippen LogP contribution >= 0.6 is 0 Å². The minimum Gasteiger partial charge on any atom is -0.313 e. The topological polar surface area (TPSA) is 12.0 Å². The van der Waals surface area contributed by atoms with E-state index in [2.05, 4.69) is 5.32 Å². The number of rotatable bonds is 5. The first-order chi connectivity index (χ1) is 9.05. The number of benzene rings is 1. The van der Waals surface area contributed by atoms with Crippen molar-refractivity contribution < 1.29 is 13.2 Å². The van der Waals surface area contributed by atoms with Crippen LogP contribution in [-0.4, -0.2) is 12.5 Å². The van der Waals surface area contributed by atoms with Gasteiger partial charge in [0.15, 0.2) is 0 Å². The molecular formula is C15H20F3N. The van der Waals surface area contributed by atoms with E-state index in [0.29, 0.717) is 25.3 Å². The van der Waals surface area contributed by atoms with E-state index in [1.165, 1.54) is 12.1 Å². The van der Waals surface area contributed by atoms with Gasteiger partial charge in [0.2, 0.25) is 5.92 Å². The van der Waals surface area contributed by atoms with E-state index in [0.717, 1.165) is 18.5 Å². The SMILES string of the molecule is Fc1cccc(CNCCC2CCC(F)(F)CC2)c1. The minimum absolute atomic E-state index is 0.0293. The highest BCUT2D eigenvalue weighted by molar-refractivity contribution is 5.15. The first-order valence-electron chi connectivity index (χ1n) is 6.88. The van der Waals surface area contributed by atoms with Crippen molar-refractivity contribution in [3.8, 4) is 0 Å². The van der Waals surface area contributed by atoms with Gasteiger partial charge in [-0.3, -0.25) is 0 Å². The third-order valence-electron chi connectivity index (χ3n) is 3.78. The van der Waals surface area contributed by atoms with Crippen LogP contribution in [0.5, 0.6) is 0 Å². The zero-order chi connectivity index (χ0) is 13.7. The quantitative estimate of drug-likeness (QED) is 0.794. The van der Waals surface area contributed by atoms with E-state index in [-0.39, 0.29) is 18.7 Å². The fourth-order valence-electron chi connectivity index (χ4n) is 2.57. The molecule has 1 saturated carbocycles. The van der Waals surface area contributed by atoms with Crippen molar-refractivity contribution in [3.63, 3.8) is 0 Å². The molecule has 0 radical (unpaired) electrons. The van der Waals surface area contributed by atoms with Gasteiger partial charge in [-0.25, -0.2) is 13.2 Å². The van der Waals surface area contributed by atoms with Crippen LogP contribution in [-0.2, 0) is 6.54 Å². The van der Waals surface area contributed by atoms with Gasteiger partial charge in [0.05, 0.1) is 0 Å². The second kappa shape index (κ2) is 6.42. The van der Waals surface area contributed by atoms with Crippen molar-refractivity contribution in [2.24, 2.45) is 5.92 Å². The van der Waals surface area contributed by atoms with Gasteiger partial charge in [0, 0.05) is 19.4 Å². The maximum Gasteiger partial charge on any atom is 0.248 e. The van der Waals surface area contributed by atoms with Gasteiger partial charge < -0.3 is 5.32 Å². The molecule has 0 aliphatic heterocycles. The van der Waals surface area contributed by atoms with Crippen LogP contribution in [0.4, 0.5) is 13.2 Å². The predicted octanol–water partition coefficient (Wildman–Crippen LogP) is 4.13. The molecule has 1 aromatic rings. The van der Waals surface area contributed by atoms with Crippen LogP contribution in [0, 0.1) is 11.7 Å². The van der Waals surface area contributed by atoms with Gasteiger partial charge in [-0.2, -0.15) is 0 Å². The van der Waals surface area contributed by atoms with Gasteiger partial charge >= 0.3 is 0 Å². The summed E-state index contributed by atoms with van der Waals surface area (Å²) in [7, 11) is 0. The van der Waals surface area contributed by atoms with E-state index in [4.69, 9.17) is 0 Å². The number of alkyl halides is 2. The molecule has 19 heavy (non-hydrogen) atoms. The first-order valence-corrected chi connectivity index (χ1v) is 6.88. The van der Waals surface area contributed by atoms with Crippen LogP contribution in [0.2, 0.25) is 0 Å². The third-order valence-corrected chi connectivity index (χ3v) is 3.78. The predicted molar refractivity (Wildman–Crippen MR) is 69.6 cm³/mol. The van der Waals surface area contributed by atoms with E-state index < -0.39 is 5.92 Å². The number of halogens is 3. The molecule has 0 aromatic heterocycles. The highest BCUT2D eigenvalue weighted by Gasteiger charge is 2.34. The molecule has 2 rings (SSSR count). The average molecular weight is 271 g/mol. The Balaban J connectivity index is 1.62. The highest BCUT2D eigenvalue weighted by atomic mass is 19.3. The van der Waals surface area contributed by atoms with Crippen LogP contribution in [0.25, 0.3) is 0 Å². The summed E-state index contributed by atoms with van der Waals surface area (Å²) < 4.78 is 38.9. The van der Waals surface area contributed by atoms with Crippen LogP contribution in [0.3, 0.4) is 0 Å². The molecule has 0 atom stereocenters. The van der Waals surface area contributed by atoms with E-state index in [1.54, 1.807) is 6.07 Å². The van der Waals surface area contributed by atoms with Crippen LogP contribution in [0.15, 0.2) is 24.3 Å². The molecule has 4 heteroatoms. The number of nitrogens with one attached hydrogen (secondary N) is 1. The normalized spacial score (nSPS) is 19.5. The third kappa shape index (κ3) is 4.86. The second-order valence-electron chi connectivity index (χ2n) is 5.39. The lowest BCUT2D eigenvalue weighted by Crippen LogP contribution is -2.26. The molecule has 0 amide bonds. The molecule has 1 aromatic carbocycles. The van der Waals surface area contributed by atoms with Crippen molar-refractivity contribution in [2.45, 2.75) is 44.6 Å². The maximum absolute atomic E-state index is 13.0. The summed E-state index contributed by atoms with van der Waals surface area (Å²) in [5.74, 6) is -2.26. The Morgan fingerprint density at radius 1 is 1.21 bits per heavy atom. The zero-order valence-electron chi connectivity index (χ0n) is 11.0.